The molecule has 2 aromatic rings. The molecule has 1 unspecified atom stereocenters. The van der Waals surface area contributed by atoms with Gasteiger partial charge in [0.25, 0.3) is 0 Å². The van der Waals surface area contributed by atoms with E-state index in [2.05, 4.69) is 23.1 Å². The van der Waals surface area contributed by atoms with Crippen LogP contribution in [0.3, 0.4) is 0 Å². The van der Waals surface area contributed by atoms with Crippen LogP contribution >= 0.6 is 0 Å². The molecule has 0 aromatic heterocycles. The van der Waals surface area contributed by atoms with E-state index in [0.717, 1.165) is 12.0 Å². The van der Waals surface area contributed by atoms with Gasteiger partial charge in [0.1, 0.15) is 0 Å². The van der Waals surface area contributed by atoms with E-state index in [9.17, 15) is 13.2 Å². The molecule has 0 amide bonds. The Morgan fingerprint density at radius 1 is 0.929 bits per heavy atom. The van der Waals surface area contributed by atoms with Crippen LogP contribution in [0.25, 0.3) is 6.08 Å². The first-order chi connectivity index (χ1) is 13.5. The number of alkyl halides is 3. The zero-order valence-electron chi connectivity index (χ0n) is 16.0. The Morgan fingerprint density at radius 2 is 1.68 bits per heavy atom. The number of nitrogens with zero attached hydrogens (tertiary/aromatic N) is 1. The van der Waals surface area contributed by atoms with Gasteiger partial charge >= 0.3 is 6.18 Å². The zero-order chi connectivity index (χ0) is 19.6. The molecule has 1 aliphatic carbocycles. The van der Waals surface area contributed by atoms with Crippen molar-refractivity contribution >= 4 is 6.08 Å². The molecule has 0 N–H and O–H groups in total. The molecule has 4 rings (SSSR count). The van der Waals surface area contributed by atoms with Gasteiger partial charge < -0.3 is 0 Å². The number of hydrogen-bond donors (Lipinski definition) is 0. The third-order valence-electron chi connectivity index (χ3n) is 6.02. The molecule has 1 saturated carbocycles. The van der Waals surface area contributed by atoms with E-state index >= 15 is 0 Å². The van der Waals surface area contributed by atoms with Gasteiger partial charge in [0, 0.05) is 6.04 Å². The van der Waals surface area contributed by atoms with Crippen molar-refractivity contribution in [3.05, 3.63) is 76.4 Å². The lowest BCUT2D eigenvalue weighted by atomic mass is 9.85. The van der Waals surface area contributed by atoms with Crippen LogP contribution < -0.4 is 0 Å². The van der Waals surface area contributed by atoms with Gasteiger partial charge in [0.15, 0.2) is 0 Å². The second-order valence-corrected chi connectivity index (χ2v) is 7.94. The summed E-state index contributed by atoms with van der Waals surface area (Å²) in [6.45, 7) is 2.41. The highest BCUT2D eigenvalue weighted by Gasteiger charge is 2.30. The topological polar surface area (TPSA) is 3.24 Å². The maximum absolute atomic E-state index is 12.8. The predicted molar refractivity (Wildman–Crippen MR) is 107 cm³/mol. The third-order valence-corrected chi connectivity index (χ3v) is 6.02. The smallest absolute Gasteiger partial charge is 0.297 e. The van der Waals surface area contributed by atoms with E-state index < -0.39 is 11.7 Å². The van der Waals surface area contributed by atoms with Gasteiger partial charge in [-0.25, -0.2) is 0 Å². The third kappa shape index (κ3) is 4.33. The van der Waals surface area contributed by atoms with Crippen molar-refractivity contribution in [3.8, 4) is 0 Å². The van der Waals surface area contributed by atoms with Crippen molar-refractivity contribution in [2.75, 3.05) is 13.1 Å². The molecule has 148 valence electrons. The van der Waals surface area contributed by atoms with Crippen LogP contribution in [0, 0.1) is 0 Å². The molecule has 1 atom stereocenters. The maximum atomic E-state index is 12.8. The Kier molecular flexibility index (Phi) is 5.58. The summed E-state index contributed by atoms with van der Waals surface area (Å²) >= 11 is 0. The molecule has 2 aromatic carbocycles. The normalized spacial score (nSPS) is 22.2. The van der Waals surface area contributed by atoms with Gasteiger partial charge in [0.05, 0.1) is 5.56 Å². The minimum atomic E-state index is -4.28. The lowest BCUT2D eigenvalue weighted by Gasteiger charge is -2.42. The van der Waals surface area contributed by atoms with Crippen LogP contribution in [0.5, 0.6) is 0 Å². The molecule has 2 fully saturated rings. The second kappa shape index (κ2) is 8.12. The van der Waals surface area contributed by atoms with E-state index in [0.29, 0.717) is 12.5 Å². The van der Waals surface area contributed by atoms with Crippen molar-refractivity contribution in [1.82, 2.24) is 4.90 Å². The zero-order valence-corrected chi connectivity index (χ0v) is 16.0. The number of hydrogen-bond acceptors (Lipinski definition) is 1. The van der Waals surface area contributed by atoms with Crippen LogP contribution in [0.1, 0.15) is 54.4 Å². The Labute approximate surface area is 164 Å². The number of halogens is 3. The monoisotopic (exact) mass is 385 g/mol. The Morgan fingerprint density at radius 3 is 2.36 bits per heavy atom. The van der Waals surface area contributed by atoms with E-state index in [1.54, 1.807) is 12.1 Å². The van der Waals surface area contributed by atoms with Crippen molar-refractivity contribution in [2.24, 2.45) is 0 Å². The molecule has 1 heterocycles. The predicted octanol–water partition coefficient (Wildman–Crippen LogP) is 6.33. The van der Waals surface area contributed by atoms with Crippen molar-refractivity contribution < 1.29 is 13.2 Å². The fraction of sp³-hybridized carbons (Fsp3) is 0.417. The number of benzene rings is 2. The molecule has 1 saturated heterocycles. The summed E-state index contributed by atoms with van der Waals surface area (Å²) in [4.78, 5) is 2.59. The SMILES string of the molecule is FC(F)(F)c1ccc(Cc2ccccc2C=C2CCCCC2N2CCC2)cc1. The summed E-state index contributed by atoms with van der Waals surface area (Å²) < 4.78 is 38.4. The molecule has 0 bridgehead atoms. The first kappa shape index (κ1) is 19.3. The summed E-state index contributed by atoms with van der Waals surface area (Å²) in [5.74, 6) is 0. The quantitative estimate of drug-likeness (QED) is 0.595. The maximum Gasteiger partial charge on any atom is 0.416 e. The molecule has 28 heavy (non-hydrogen) atoms. The molecule has 0 radical (unpaired) electrons. The lowest BCUT2D eigenvalue weighted by Crippen LogP contribution is -2.46. The highest BCUT2D eigenvalue weighted by Crippen LogP contribution is 2.33. The van der Waals surface area contributed by atoms with Gasteiger partial charge in [0.2, 0.25) is 0 Å². The summed E-state index contributed by atoms with van der Waals surface area (Å²) in [5.41, 5.74) is 4.20. The summed E-state index contributed by atoms with van der Waals surface area (Å²) in [5, 5.41) is 0. The van der Waals surface area contributed by atoms with Crippen LogP contribution in [0.4, 0.5) is 13.2 Å². The Balaban J connectivity index is 1.56. The molecule has 4 heteroatoms. The Bertz CT molecular complexity index is 832. The largest absolute Gasteiger partial charge is 0.416 e. The molecule has 1 aliphatic heterocycles. The second-order valence-electron chi connectivity index (χ2n) is 7.94. The summed E-state index contributed by atoms with van der Waals surface area (Å²) in [6.07, 6.45) is 4.95. The summed E-state index contributed by atoms with van der Waals surface area (Å²) in [7, 11) is 0. The van der Waals surface area contributed by atoms with Gasteiger partial charge in [-0.1, -0.05) is 54.5 Å². The van der Waals surface area contributed by atoms with E-state index in [1.807, 2.05) is 12.1 Å². The molecule has 2 aliphatic rings. The molecular weight excluding hydrogens is 359 g/mol. The van der Waals surface area contributed by atoms with Crippen molar-refractivity contribution in [2.45, 2.75) is 50.7 Å². The Hall–Kier alpha value is -2.07. The fourth-order valence-electron chi connectivity index (χ4n) is 4.32. The molecule has 1 nitrogen and oxygen atoms in total. The highest BCUT2D eigenvalue weighted by atomic mass is 19.4. The van der Waals surface area contributed by atoms with Gasteiger partial charge in [-0.15, -0.1) is 0 Å². The minimum Gasteiger partial charge on any atom is -0.297 e. The first-order valence-corrected chi connectivity index (χ1v) is 10.2. The van der Waals surface area contributed by atoms with Crippen LogP contribution in [0.15, 0.2) is 54.1 Å². The van der Waals surface area contributed by atoms with Crippen LogP contribution in [-0.2, 0) is 12.6 Å². The van der Waals surface area contributed by atoms with E-state index in [1.165, 1.54) is 67.6 Å². The number of rotatable bonds is 4. The lowest BCUT2D eigenvalue weighted by molar-refractivity contribution is -0.137. The molecular formula is C24H26F3N. The number of likely N-dealkylation sites (tertiary alicyclic amines) is 1. The van der Waals surface area contributed by atoms with Crippen molar-refractivity contribution in [1.29, 1.82) is 0 Å². The van der Waals surface area contributed by atoms with Crippen molar-refractivity contribution in [3.63, 3.8) is 0 Å². The van der Waals surface area contributed by atoms with E-state index in [-0.39, 0.29) is 0 Å². The average molecular weight is 385 g/mol. The van der Waals surface area contributed by atoms with Gasteiger partial charge in [-0.3, -0.25) is 4.90 Å². The average Bonchev–Trinajstić information content (AvgIpc) is 2.63. The first-order valence-electron chi connectivity index (χ1n) is 10.2. The molecule has 0 spiro atoms. The van der Waals surface area contributed by atoms with Gasteiger partial charge in [-0.2, -0.15) is 13.2 Å². The highest BCUT2D eigenvalue weighted by molar-refractivity contribution is 5.59. The van der Waals surface area contributed by atoms with Crippen LogP contribution in [0.2, 0.25) is 0 Å². The fourth-order valence-corrected chi connectivity index (χ4v) is 4.32. The minimum absolute atomic E-state index is 0.571. The standard InChI is InChI=1S/C24H26F3N/c25-24(26,27)22-12-10-18(11-13-22)16-19-6-1-2-7-20(19)17-21-8-3-4-9-23(21)28-14-5-15-28/h1-2,6-7,10-13,17,23H,3-5,8-9,14-16H2. The van der Waals surface area contributed by atoms with Crippen LogP contribution in [-0.4, -0.2) is 24.0 Å². The van der Waals surface area contributed by atoms with Gasteiger partial charge in [-0.05, 0) is 74.0 Å². The van der Waals surface area contributed by atoms with E-state index in [4.69, 9.17) is 0 Å². The summed E-state index contributed by atoms with van der Waals surface area (Å²) in [6, 6.07) is 14.4.